The molecule has 0 bridgehead atoms. The van der Waals surface area contributed by atoms with Crippen LogP contribution in [0, 0.1) is 0 Å². The molecule has 6 heteroatoms. The van der Waals surface area contributed by atoms with Crippen LogP contribution in [0.15, 0.2) is 120 Å². The summed E-state index contributed by atoms with van der Waals surface area (Å²) in [5.41, 5.74) is 5.54. The number of para-hydroxylation sites is 2. The van der Waals surface area contributed by atoms with Crippen molar-refractivity contribution in [1.29, 1.82) is 0 Å². The Kier molecular flexibility index (Phi) is 7.28. The molecule has 1 aromatic heterocycles. The highest BCUT2D eigenvalue weighted by Gasteiger charge is 2.27. The van der Waals surface area contributed by atoms with E-state index >= 15 is 0 Å². The van der Waals surface area contributed by atoms with E-state index in [1.54, 1.807) is 0 Å². The second-order valence-electron chi connectivity index (χ2n) is 10.1. The van der Waals surface area contributed by atoms with Crippen molar-refractivity contribution in [3.63, 3.8) is 0 Å². The molecule has 5 nitrogen and oxygen atoms in total. The van der Waals surface area contributed by atoms with Crippen LogP contribution in [0.5, 0.6) is 0 Å². The third-order valence-corrected chi connectivity index (χ3v) is 8.08. The molecule has 0 spiro atoms. The summed E-state index contributed by atoms with van der Waals surface area (Å²) in [6, 6.07) is 39.3. The topological polar surface area (TPSA) is 42.2 Å². The minimum Gasteiger partial charge on any atom is -0.352 e. The van der Waals surface area contributed by atoms with E-state index in [2.05, 4.69) is 83.0 Å². The van der Waals surface area contributed by atoms with Crippen LogP contribution in [-0.4, -0.2) is 32.2 Å². The lowest BCUT2D eigenvalue weighted by molar-refractivity contribution is 0.262. The fraction of sp³-hybridized carbons (Fsp3) is 0.212. The van der Waals surface area contributed by atoms with Crippen molar-refractivity contribution in [2.75, 3.05) is 13.1 Å². The monoisotopic (exact) mass is 532 g/mol. The molecule has 39 heavy (non-hydrogen) atoms. The molecule has 0 aliphatic carbocycles. The van der Waals surface area contributed by atoms with Crippen molar-refractivity contribution in [2.24, 2.45) is 0 Å². The maximum absolute atomic E-state index is 13.7. The lowest BCUT2D eigenvalue weighted by Crippen LogP contribution is -2.46. The van der Waals surface area contributed by atoms with E-state index in [1.807, 2.05) is 51.6 Å². The van der Waals surface area contributed by atoms with Crippen molar-refractivity contribution in [2.45, 2.75) is 31.5 Å². The zero-order chi connectivity index (χ0) is 26.6. The molecule has 1 fully saturated rings. The molecular formula is C33H32N4OS. The largest absolute Gasteiger partial charge is 0.352 e. The molecule has 0 unspecified atom stereocenters. The number of thiocarbonyl (C=S) groups is 1. The number of piperidine rings is 1. The summed E-state index contributed by atoms with van der Waals surface area (Å²) < 4.78 is 3.93. The van der Waals surface area contributed by atoms with Crippen LogP contribution in [0.3, 0.4) is 0 Å². The SMILES string of the molecule is O=c1n(Cc2ccccc2)c2ccccc2n1C1CCN(C(=S)NC(c2ccccc2)c2ccccc2)CC1. The lowest BCUT2D eigenvalue weighted by Gasteiger charge is -2.35. The van der Waals surface area contributed by atoms with Gasteiger partial charge in [0.15, 0.2) is 5.11 Å². The minimum absolute atomic E-state index is 0.0174. The highest BCUT2D eigenvalue weighted by Crippen LogP contribution is 2.27. The summed E-state index contributed by atoms with van der Waals surface area (Å²) in [7, 11) is 0. The number of fused-ring (bicyclic) bond motifs is 1. The van der Waals surface area contributed by atoms with Gasteiger partial charge < -0.3 is 10.2 Å². The van der Waals surface area contributed by atoms with Gasteiger partial charge in [0.2, 0.25) is 0 Å². The molecule has 2 heterocycles. The summed E-state index contributed by atoms with van der Waals surface area (Å²) in [5, 5.41) is 4.39. The van der Waals surface area contributed by atoms with Gasteiger partial charge >= 0.3 is 5.69 Å². The van der Waals surface area contributed by atoms with Crippen LogP contribution in [0.1, 0.15) is 41.6 Å². The van der Waals surface area contributed by atoms with Crippen molar-refractivity contribution >= 4 is 28.4 Å². The van der Waals surface area contributed by atoms with Gasteiger partial charge in [-0.15, -0.1) is 0 Å². The second kappa shape index (κ2) is 11.3. The first kappa shape index (κ1) is 25.1. The smallest absolute Gasteiger partial charge is 0.329 e. The standard InChI is InChI=1S/C33H32N4OS/c38-33-36(24-25-12-4-1-5-13-25)29-18-10-11-19-30(29)37(33)28-20-22-35(23-21-28)32(39)34-31(26-14-6-2-7-15-26)27-16-8-3-9-17-27/h1-19,28,31H,20-24H2,(H,34,39). The van der Waals surface area contributed by atoms with Gasteiger partial charge in [-0.3, -0.25) is 9.13 Å². The minimum atomic E-state index is -0.0174. The maximum Gasteiger partial charge on any atom is 0.329 e. The van der Waals surface area contributed by atoms with Gasteiger partial charge in [0, 0.05) is 19.1 Å². The average molecular weight is 533 g/mol. The Labute approximate surface area is 234 Å². The van der Waals surface area contributed by atoms with Crippen LogP contribution >= 0.6 is 12.2 Å². The van der Waals surface area contributed by atoms with E-state index in [4.69, 9.17) is 12.2 Å². The van der Waals surface area contributed by atoms with E-state index in [-0.39, 0.29) is 17.8 Å². The van der Waals surface area contributed by atoms with Crippen LogP contribution < -0.4 is 11.0 Å². The number of benzene rings is 4. The first-order valence-corrected chi connectivity index (χ1v) is 14.0. The highest BCUT2D eigenvalue weighted by molar-refractivity contribution is 7.80. The van der Waals surface area contributed by atoms with Gasteiger partial charge in [0.05, 0.1) is 23.6 Å². The van der Waals surface area contributed by atoms with Crippen molar-refractivity contribution in [3.05, 3.63) is 142 Å². The number of nitrogens with zero attached hydrogens (tertiary/aromatic N) is 3. The molecule has 196 valence electrons. The predicted molar refractivity (Wildman–Crippen MR) is 162 cm³/mol. The summed E-state index contributed by atoms with van der Waals surface area (Å²) in [5.74, 6) is 0. The molecule has 0 saturated carbocycles. The Morgan fingerprint density at radius 3 is 1.85 bits per heavy atom. The zero-order valence-electron chi connectivity index (χ0n) is 21.8. The van der Waals surface area contributed by atoms with Gasteiger partial charge in [-0.2, -0.15) is 0 Å². The lowest BCUT2D eigenvalue weighted by atomic mass is 9.99. The van der Waals surface area contributed by atoms with E-state index in [9.17, 15) is 4.79 Å². The summed E-state index contributed by atoms with van der Waals surface area (Å²) in [4.78, 5) is 16.0. The molecule has 0 atom stereocenters. The van der Waals surface area contributed by atoms with Crippen LogP contribution in [-0.2, 0) is 6.54 Å². The summed E-state index contributed by atoms with van der Waals surface area (Å²) >= 11 is 5.93. The Morgan fingerprint density at radius 1 is 0.744 bits per heavy atom. The first-order chi connectivity index (χ1) is 19.2. The fourth-order valence-electron chi connectivity index (χ4n) is 5.70. The number of aromatic nitrogens is 2. The number of likely N-dealkylation sites (tertiary alicyclic amines) is 1. The molecular weight excluding hydrogens is 500 g/mol. The van der Waals surface area contributed by atoms with Gasteiger partial charge in [-0.05, 0) is 53.9 Å². The number of nitrogens with one attached hydrogen (secondary N) is 1. The number of imidazole rings is 1. The first-order valence-electron chi connectivity index (χ1n) is 13.6. The Bertz CT molecular complexity index is 1560. The molecule has 6 rings (SSSR count). The van der Waals surface area contributed by atoms with Crippen LogP contribution in [0.2, 0.25) is 0 Å². The zero-order valence-corrected chi connectivity index (χ0v) is 22.6. The molecule has 4 aromatic carbocycles. The Hall–Kier alpha value is -4.16. The van der Waals surface area contributed by atoms with E-state index in [0.29, 0.717) is 6.54 Å². The third-order valence-electron chi connectivity index (χ3n) is 7.70. The fourth-order valence-corrected chi connectivity index (χ4v) is 6.00. The molecule has 1 aliphatic heterocycles. The van der Waals surface area contributed by atoms with Crippen LogP contribution in [0.25, 0.3) is 11.0 Å². The molecule has 0 amide bonds. The number of hydrogen-bond donors (Lipinski definition) is 1. The van der Waals surface area contributed by atoms with E-state index in [1.165, 1.54) is 11.1 Å². The van der Waals surface area contributed by atoms with Crippen molar-refractivity contribution < 1.29 is 0 Å². The van der Waals surface area contributed by atoms with Crippen LogP contribution in [0.4, 0.5) is 0 Å². The second-order valence-corrected chi connectivity index (χ2v) is 10.5. The quantitative estimate of drug-likeness (QED) is 0.266. The Morgan fingerprint density at radius 2 is 1.26 bits per heavy atom. The van der Waals surface area contributed by atoms with Gasteiger partial charge in [0.25, 0.3) is 0 Å². The number of rotatable bonds is 6. The molecule has 1 aliphatic rings. The van der Waals surface area contributed by atoms with Crippen molar-refractivity contribution in [3.8, 4) is 0 Å². The normalized spacial score (nSPS) is 14.1. The van der Waals surface area contributed by atoms with E-state index in [0.717, 1.165) is 47.6 Å². The molecule has 1 saturated heterocycles. The predicted octanol–water partition coefficient (Wildman–Crippen LogP) is 6.15. The number of hydrogen-bond acceptors (Lipinski definition) is 2. The van der Waals surface area contributed by atoms with Crippen molar-refractivity contribution in [1.82, 2.24) is 19.4 Å². The third kappa shape index (κ3) is 5.25. The Balaban J connectivity index is 1.20. The molecule has 5 aromatic rings. The van der Waals surface area contributed by atoms with Gasteiger partial charge in [0.1, 0.15) is 0 Å². The van der Waals surface area contributed by atoms with Gasteiger partial charge in [-0.25, -0.2) is 4.79 Å². The summed E-state index contributed by atoms with van der Waals surface area (Å²) in [6.45, 7) is 2.18. The van der Waals surface area contributed by atoms with E-state index < -0.39 is 0 Å². The highest BCUT2D eigenvalue weighted by atomic mass is 32.1. The van der Waals surface area contributed by atoms with Gasteiger partial charge in [-0.1, -0.05) is 103 Å². The summed E-state index contributed by atoms with van der Waals surface area (Å²) in [6.07, 6.45) is 1.73. The molecule has 0 radical (unpaired) electrons. The average Bonchev–Trinajstić information content (AvgIpc) is 3.28. The maximum atomic E-state index is 13.7. The molecule has 1 N–H and O–H groups in total.